The van der Waals surface area contributed by atoms with Crippen LogP contribution in [0.2, 0.25) is 0 Å². The molecule has 2 fully saturated rings. The van der Waals surface area contributed by atoms with E-state index >= 15 is 0 Å². The van der Waals surface area contributed by atoms with Gasteiger partial charge in [0.05, 0.1) is 21.8 Å². The standard InChI is InChI=1S/C19H39NO2S2/c1-17(2,3)23(21)20-19(15-9-10-15)13-11-16(12-14-19)22-24(7,8)18(4,5)6/h15-16,20H,9-14H2,1-8H3. The number of rotatable bonds is 5. The summed E-state index contributed by atoms with van der Waals surface area (Å²) in [7, 11) is -2.05. The average Bonchev–Trinajstić information content (AvgIpc) is 3.23. The van der Waals surface area contributed by atoms with Crippen molar-refractivity contribution in [2.24, 2.45) is 5.92 Å². The third-order valence-corrected chi connectivity index (χ3v) is 11.3. The average molecular weight is 378 g/mol. The molecule has 3 nitrogen and oxygen atoms in total. The van der Waals surface area contributed by atoms with Crippen LogP contribution in [0.4, 0.5) is 0 Å². The Morgan fingerprint density at radius 2 is 1.50 bits per heavy atom. The molecule has 0 aromatic carbocycles. The van der Waals surface area contributed by atoms with Gasteiger partial charge in [0.1, 0.15) is 0 Å². The van der Waals surface area contributed by atoms with Crippen molar-refractivity contribution in [3.63, 3.8) is 0 Å². The minimum Gasteiger partial charge on any atom is -0.333 e. The van der Waals surface area contributed by atoms with Crippen molar-refractivity contribution in [2.45, 2.75) is 101 Å². The molecule has 0 heterocycles. The number of nitrogens with one attached hydrogen (secondary N) is 1. The van der Waals surface area contributed by atoms with Gasteiger partial charge in [-0.1, -0.05) is 20.8 Å². The Morgan fingerprint density at radius 3 is 1.88 bits per heavy atom. The van der Waals surface area contributed by atoms with Crippen LogP contribution in [0, 0.1) is 5.92 Å². The highest BCUT2D eigenvalue weighted by Gasteiger charge is 2.49. The van der Waals surface area contributed by atoms with Crippen LogP contribution in [-0.4, -0.2) is 37.9 Å². The van der Waals surface area contributed by atoms with Crippen molar-refractivity contribution >= 4 is 21.3 Å². The lowest BCUT2D eigenvalue weighted by atomic mass is 9.78. The summed E-state index contributed by atoms with van der Waals surface area (Å²) in [5, 5.41) is 0. The number of hydrogen-bond acceptors (Lipinski definition) is 2. The second-order valence-electron chi connectivity index (χ2n) is 10.1. The third-order valence-electron chi connectivity index (χ3n) is 5.89. The van der Waals surface area contributed by atoms with E-state index in [0.29, 0.717) is 12.0 Å². The SMILES string of the molecule is CC(C)(C)S(=O)NC1(C2CC2)CCC(OS(C)(C)C(C)(C)C)CC1. The van der Waals surface area contributed by atoms with Crippen molar-refractivity contribution < 1.29 is 8.39 Å². The molecule has 0 saturated heterocycles. The fraction of sp³-hybridized carbons (Fsp3) is 1.00. The lowest BCUT2D eigenvalue weighted by molar-refractivity contribution is 0.114. The van der Waals surface area contributed by atoms with Gasteiger partial charge in [-0.15, -0.1) is 10.3 Å². The first-order valence-corrected chi connectivity index (χ1v) is 12.9. The van der Waals surface area contributed by atoms with Gasteiger partial charge in [-0.3, -0.25) is 0 Å². The minimum atomic E-state index is -1.07. The van der Waals surface area contributed by atoms with E-state index < -0.39 is 21.3 Å². The van der Waals surface area contributed by atoms with Gasteiger partial charge in [0.2, 0.25) is 0 Å². The van der Waals surface area contributed by atoms with Crippen molar-refractivity contribution in [1.29, 1.82) is 0 Å². The van der Waals surface area contributed by atoms with Crippen molar-refractivity contribution in [2.75, 3.05) is 12.5 Å². The van der Waals surface area contributed by atoms with Crippen LogP contribution < -0.4 is 4.72 Å². The maximum absolute atomic E-state index is 12.7. The molecule has 1 N–H and O–H groups in total. The second-order valence-corrected chi connectivity index (χ2v) is 15.9. The van der Waals surface area contributed by atoms with E-state index in [-0.39, 0.29) is 15.0 Å². The fourth-order valence-electron chi connectivity index (χ4n) is 3.25. The van der Waals surface area contributed by atoms with Crippen LogP contribution >= 0.6 is 10.3 Å². The Kier molecular flexibility index (Phi) is 5.93. The lowest BCUT2D eigenvalue weighted by Gasteiger charge is -2.49. The maximum Gasteiger partial charge on any atom is 0.0975 e. The second kappa shape index (κ2) is 6.86. The van der Waals surface area contributed by atoms with E-state index in [4.69, 9.17) is 4.18 Å². The lowest BCUT2D eigenvalue weighted by Crippen LogP contribution is -2.54. The Bertz CT molecular complexity index is 465. The van der Waals surface area contributed by atoms with E-state index in [1.165, 1.54) is 12.8 Å². The molecule has 0 aromatic heterocycles. The highest BCUT2D eigenvalue weighted by molar-refractivity contribution is 8.29. The van der Waals surface area contributed by atoms with Gasteiger partial charge in [-0.05, 0) is 77.7 Å². The van der Waals surface area contributed by atoms with Gasteiger partial charge >= 0.3 is 0 Å². The molecule has 0 amide bonds. The summed E-state index contributed by atoms with van der Waals surface area (Å²) < 4.78 is 22.9. The molecule has 2 aliphatic carbocycles. The van der Waals surface area contributed by atoms with Gasteiger partial charge < -0.3 is 4.18 Å². The van der Waals surface area contributed by atoms with Crippen LogP contribution in [0.25, 0.3) is 0 Å². The monoisotopic (exact) mass is 377 g/mol. The van der Waals surface area contributed by atoms with Crippen LogP contribution in [-0.2, 0) is 15.2 Å². The van der Waals surface area contributed by atoms with Gasteiger partial charge in [-0.2, -0.15) is 0 Å². The summed E-state index contributed by atoms with van der Waals surface area (Å²) in [5.41, 5.74) is 0.0825. The molecule has 2 saturated carbocycles. The summed E-state index contributed by atoms with van der Waals surface area (Å²) in [5.74, 6) is 0.715. The van der Waals surface area contributed by atoms with E-state index in [1.54, 1.807) is 0 Å². The molecule has 0 radical (unpaired) electrons. The molecule has 2 rings (SSSR count). The van der Waals surface area contributed by atoms with Crippen LogP contribution in [0.1, 0.15) is 80.1 Å². The first kappa shape index (κ1) is 20.7. The van der Waals surface area contributed by atoms with E-state index in [0.717, 1.165) is 25.7 Å². The summed E-state index contributed by atoms with van der Waals surface area (Å²) in [6, 6.07) is 0. The zero-order chi connectivity index (χ0) is 18.4. The van der Waals surface area contributed by atoms with Crippen molar-refractivity contribution in [1.82, 2.24) is 4.72 Å². The smallest absolute Gasteiger partial charge is 0.0975 e. The third kappa shape index (κ3) is 4.77. The fourth-order valence-corrected chi connectivity index (χ4v) is 5.46. The van der Waals surface area contributed by atoms with Gasteiger partial charge in [0, 0.05) is 10.3 Å². The molecular formula is C19H39NO2S2. The molecule has 2 aliphatic rings. The zero-order valence-corrected chi connectivity index (χ0v) is 18.7. The van der Waals surface area contributed by atoms with Crippen LogP contribution in [0.5, 0.6) is 0 Å². The Balaban J connectivity index is 1.99. The van der Waals surface area contributed by atoms with Gasteiger partial charge in [0.25, 0.3) is 0 Å². The molecule has 5 heteroatoms. The Hall–Kier alpha value is 0.420. The quantitative estimate of drug-likeness (QED) is 0.738. The summed E-state index contributed by atoms with van der Waals surface area (Å²) in [6.45, 7) is 13.0. The van der Waals surface area contributed by atoms with Crippen molar-refractivity contribution in [3.8, 4) is 0 Å². The molecule has 1 unspecified atom stereocenters. The first-order chi connectivity index (χ1) is 10.8. The molecule has 24 heavy (non-hydrogen) atoms. The van der Waals surface area contributed by atoms with Crippen LogP contribution in [0.15, 0.2) is 0 Å². The molecular weight excluding hydrogens is 338 g/mol. The predicted octanol–water partition coefficient (Wildman–Crippen LogP) is 4.92. The molecule has 0 aromatic rings. The molecule has 144 valence electrons. The topological polar surface area (TPSA) is 38.3 Å². The van der Waals surface area contributed by atoms with E-state index in [1.807, 2.05) is 0 Å². The Labute approximate surface area is 154 Å². The summed E-state index contributed by atoms with van der Waals surface area (Å²) in [4.78, 5) is 0. The maximum atomic E-state index is 12.7. The molecule has 0 spiro atoms. The van der Waals surface area contributed by atoms with Crippen molar-refractivity contribution in [3.05, 3.63) is 0 Å². The van der Waals surface area contributed by atoms with Gasteiger partial charge in [-0.25, -0.2) is 8.93 Å². The zero-order valence-electron chi connectivity index (χ0n) is 17.0. The highest BCUT2D eigenvalue weighted by Crippen LogP contribution is 2.57. The molecule has 0 bridgehead atoms. The highest BCUT2D eigenvalue weighted by atomic mass is 32.3. The Morgan fingerprint density at radius 1 is 1.00 bits per heavy atom. The van der Waals surface area contributed by atoms with Crippen LogP contribution in [0.3, 0.4) is 0 Å². The first-order valence-electron chi connectivity index (χ1n) is 9.38. The summed E-state index contributed by atoms with van der Waals surface area (Å²) in [6.07, 6.45) is 11.9. The van der Waals surface area contributed by atoms with E-state index in [2.05, 4.69) is 58.8 Å². The number of hydrogen-bond donors (Lipinski definition) is 1. The van der Waals surface area contributed by atoms with E-state index in [9.17, 15) is 4.21 Å². The summed E-state index contributed by atoms with van der Waals surface area (Å²) >= 11 is 0. The van der Waals surface area contributed by atoms with Gasteiger partial charge in [0.15, 0.2) is 0 Å². The largest absolute Gasteiger partial charge is 0.333 e. The molecule has 1 atom stereocenters. The predicted molar refractivity (Wildman–Crippen MR) is 109 cm³/mol. The minimum absolute atomic E-state index is 0.0825. The normalized spacial score (nSPS) is 31.8. The molecule has 0 aliphatic heterocycles.